The van der Waals surface area contributed by atoms with Crippen molar-refractivity contribution in [3.63, 3.8) is 0 Å². The molecule has 1 unspecified atom stereocenters. The zero-order valence-electron chi connectivity index (χ0n) is 17.6. The van der Waals surface area contributed by atoms with Gasteiger partial charge in [0.1, 0.15) is 11.6 Å². The smallest absolute Gasteiger partial charge is 0.270 e. The van der Waals surface area contributed by atoms with Crippen LogP contribution in [0.4, 0.5) is 11.5 Å². The minimum atomic E-state index is -0.635. The second-order valence-electron chi connectivity index (χ2n) is 8.40. The van der Waals surface area contributed by atoms with E-state index in [2.05, 4.69) is 16.4 Å². The molecule has 2 aliphatic heterocycles. The summed E-state index contributed by atoms with van der Waals surface area (Å²) in [5, 5.41) is 4.04. The van der Waals surface area contributed by atoms with Gasteiger partial charge in [-0.15, -0.1) is 0 Å². The van der Waals surface area contributed by atoms with E-state index in [4.69, 9.17) is 22.1 Å². The fourth-order valence-corrected chi connectivity index (χ4v) is 5.08. The van der Waals surface area contributed by atoms with Crippen LogP contribution >= 0.6 is 11.6 Å². The zero-order chi connectivity index (χ0) is 22.1. The van der Waals surface area contributed by atoms with Gasteiger partial charge in [-0.25, -0.2) is 4.98 Å². The number of nitrogen functional groups attached to an aromatic ring is 1. The Kier molecular flexibility index (Phi) is 5.49. The molecule has 1 aromatic heterocycles. The van der Waals surface area contributed by atoms with Crippen LogP contribution in [0.5, 0.6) is 5.75 Å². The molecule has 0 bridgehead atoms. The van der Waals surface area contributed by atoms with Gasteiger partial charge in [0.25, 0.3) is 5.91 Å². The number of carbonyl (C=O) groups excluding carboxylic acids is 1. The number of hydrogen-bond acceptors (Lipinski definition) is 5. The first-order chi connectivity index (χ1) is 15.6. The van der Waals surface area contributed by atoms with Crippen LogP contribution in [0, 0.1) is 0 Å². The number of para-hydroxylation sites is 1. The summed E-state index contributed by atoms with van der Waals surface area (Å²) < 4.78 is 6.35. The summed E-state index contributed by atoms with van der Waals surface area (Å²) in [5.41, 5.74) is 8.23. The molecule has 32 heavy (non-hydrogen) atoms. The highest BCUT2D eigenvalue weighted by molar-refractivity contribution is 6.30. The number of hydrogen-bond donors (Lipinski definition) is 2. The molecule has 1 saturated heterocycles. The summed E-state index contributed by atoms with van der Waals surface area (Å²) >= 11 is 6.21. The maximum atomic E-state index is 14.2. The van der Waals surface area contributed by atoms with Crippen molar-refractivity contribution in [2.75, 3.05) is 23.7 Å². The van der Waals surface area contributed by atoms with E-state index in [1.54, 1.807) is 23.2 Å². The number of nitrogens with one attached hydrogen (secondary N) is 1. The molecule has 0 aliphatic carbocycles. The van der Waals surface area contributed by atoms with E-state index >= 15 is 0 Å². The van der Waals surface area contributed by atoms with Gasteiger partial charge in [-0.3, -0.25) is 9.69 Å². The van der Waals surface area contributed by atoms with Crippen molar-refractivity contribution in [2.24, 2.45) is 0 Å². The molecular formula is C25H25ClN4O2. The first kappa shape index (κ1) is 20.8. The summed E-state index contributed by atoms with van der Waals surface area (Å²) in [6.07, 6.45) is 2.64. The van der Waals surface area contributed by atoms with Crippen molar-refractivity contribution in [2.45, 2.75) is 30.9 Å². The Bertz CT molecular complexity index is 1150. The minimum absolute atomic E-state index is 0.124. The number of amides is 1. The Morgan fingerprint density at radius 1 is 1.16 bits per heavy atom. The van der Waals surface area contributed by atoms with Crippen LogP contribution in [0.25, 0.3) is 0 Å². The number of nitrogens with zero attached hydrogens (tertiary/aromatic N) is 2. The molecule has 1 amide bonds. The molecule has 3 aromatic rings. The lowest BCUT2D eigenvalue weighted by Crippen LogP contribution is -2.54. The molecule has 6 nitrogen and oxygen atoms in total. The third-order valence-corrected chi connectivity index (χ3v) is 6.67. The van der Waals surface area contributed by atoms with Crippen molar-refractivity contribution in [1.82, 2.24) is 10.3 Å². The van der Waals surface area contributed by atoms with Crippen LogP contribution in [0.1, 0.15) is 24.0 Å². The van der Waals surface area contributed by atoms with E-state index in [-0.39, 0.29) is 11.3 Å². The Balaban J connectivity index is 1.56. The van der Waals surface area contributed by atoms with E-state index in [1.165, 1.54) is 0 Å². The predicted molar refractivity (Wildman–Crippen MR) is 126 cm³/mol. The number of ether oxygens (including phenoxy) is 1. The second kappa shape index (κ2) is 8.45. The van der Waals surface area contributed by atoms with Crippen LogP contribution < -0.4 is 20.7 Å². The number of rotatable bonds is 4. The molecule has 5 rings (SSSR count). The van der Waals surface area contributed by atoms with Crippen molar-refractivity contribution >= 4 is 29.0 Å². The Morgan fingerprint density at radius 2 is 1.97 bits per heavy atom. The summed E-state index contributed by atoms with van der Waals surface area (Å²) in [5.74, 6) is 1.16. The molecule has 2 aliphatic rings. The largest absolute Gasteiger partial charge is 0.479 e. The van der Waals surface area contributed by atoms with Crippen LogP contribution in [0.2, 0.25) is 5.02 Å². The van der Waals surface area contributed by atoms with Crippen molar-refractivity contribution in [3.8, 4) is 5.75 Å². The average Bonchev–Trinajstić information content (AvgIpc) is 3.11. The Morgan fingerprint density at radius 3 is 2.75 bits per heavy atom. The first-order valence-electron chi connectivity index (χ1n) is 10.8. The topological polar surface area (TPSA) is 80.5 Å². The molecule has 1 spiro atoms. The third-order valence-electron chi connectivity index (χ3n) is 6.43. The van der Waals surface area contributed by atoms with E-state index in [9.17, 15) is 4.79 Å². The number of fused-ring (bicyclic) bond motifs is 2. The lowest BCUT2D eigenvalue weighted by molar-refractivity contribution is -0.128. The van der Waals surface area contributed by atoms with E-state index in [0.29, 0.717) is 23.1 Å². The van der Waals surface area contributed by atoms with Gasteiger partial charge in [-0.2, -0.15) is 0 Å². The fourth-order valence-electron chi connectivity index (χ4n) is 4.87. The lowest BCUT2D eigenvalue weighted by atomic mass is 9.70. The van der Waals surface area contributed by atoms with Crippen LogP contribution in [0.15, 0.2) is 66.9 Å². The number of halogens is 1. The molecular weight excluding hydrogens is 424 g/mol. The van der Waals surface area contributed by atoms with Crippen molar-refractivity contribution in [1.29, 1.82) is 0 Å². The van der Waals surface area contributed by atoms with Gasteiger partial charge in [0, 0.05) is 34.0 Å². The average molecular weight is 449 g/mol. The summed E-state index contributed by atoms with van der Waals surface area (Å²) in [6, 6.07) is 18.9. The molecule has 164 valence electrons. The summed E-state index contributed by atoms with van der Waals surface area (Å²) in [6.45, 7) is 2.00. The molecule has 1 fully saturated rings. The highest BCUT2D eigenvalue weighted by atomic mass is 35.5. The van der Waals surface area contributed by atoms with Crippen molar-refractivity contribution in [3.05, 3.63) is 83.0 Å². The van der Waals surface area contributed by atoms with Gasteiger partial charge in [0.15, 0.2) is 6.10 Å². The van der Waals surface area contributed by atoms with Gasteiger partial charge >= 0.3 is 0 Å². The molecule has 2 aromatic carbocycles. The monoisotopic (exact) mass is 448 g/mol. The second-order valence-corrected chi connectivity index (χ2v) is 8.84. The number of pyridine rings is 1. The minimum Gasteiger partial charge on any atom is -0.479 e. The molecule has 0 saturated carbocycles. The van der Waals surface area contributed by atoms with Gasteiger partial charge in [-0.1, -0.05) is 41.9 Å². The van der Waals surface area contributed by atoms with Crippen molar-refractivity contribution < 1.29 is 9.53 Å². The van der Waals surface area contributed by atoms with Crippen LogP contribution in [0.3, 0.4) is 0 Å². The first-order valence-corrected chi connectivity index (χ1v) is 11.2. The molecule has 0 radical (unpaired) electrons. The number of carbonyl (C=O) groups is 1. The zero-order valence-corrected chi connectivity index (χ0v) is 18.4. The number of anilines is 2. The molecule has 3 heterocycles. The maximum absolute atomic E-state index is 14.2. The number of piperidine rings is 1. The van der Waals surface area contributed by atoms with Crippen LogP contribution in [-0.2, 0) is 16.8 Å². The highest BCUT2D eigenvalue weighted by Gasteiger charge is 2.53. The van der Waals surface area contributed by atoms with Gasteiger partial charge in [-0.05, 0) is 55.8 Å². The Hall–Kier alpha value is -3.09. The quantitative estimate of drug-likeness (QED) is 0.632. The van der Waals surface area contributed by atoms with Gasteiger partial charge < -0.3 is 15.8 Å². The normalized spacial score (nSPS) is 18.7. The van der Waals surface area contributed by atoms with Crippen LogP contribution in [-0.4, -0.2) is 30.1 Å². The molecule has 1 atom stereocenters. The third kappa shape index (κ3) is 3.70. The van der Waals surface area contributed by atoms with E-state index < -0.39 is 6.10 Å². The molecule has 7 heteroatoms. The fraction of sp³-hybridized carbons (Fsp3) is 0.280. The maximum Gasteiger partial charge on any atom is 0.270 e. The van der Waals surface area contributed by atoms with E-state index in [1.807, 2.05) is 42.5 Å². The predicted octanol–water partition coefficient (Wildman–Crippen LogP) is 3.93. The number of aromatic nitrogens is 1. The summed E-state index contributed by atoms with van der Waals surface area (Å²) in [7, 11) is 0. The van der Waals surface area contributed by atoms with Gasteiger partial charge in [0.2, 0.25) is 0 Å². The van der Waals surface area contributed by atoms with E-state index in [0.717, 1.165) is 42.8 Å². The molecule has 3 N–H and O–H groups in total. The Labute approximate surface area is 192 Å². The highest BCUT2D eigenvalue weighted by Crippen LogP contribution is 2.49. The summed E-state index contributed by atoms with van der Waals surface area (Å²) in [4.78, 5) is 20.3. The van der Waals surface area contributed by atoms with Gasteiger partial charge in [0.05, 0.1) is 6.54 Å². The SMILES string of the molecule is Nc1ccnc(N(Cc2cccc(Cl)c2)C(=O)C2Oc3ccccc3C23CCNCC3)c1. The standard InChI is InChI=1S/C25H25ClN4O2/c26-18-5-3-4-17(14-18)16-30(22-15-19(27)8-11-29-22)24(31)23-25(9-12-28-13-10-25)20-6-1-2-7-21(20)32-23/h1-8,11,14-15,23,28H,9-10,12-13,16H2,(H2,27,29). The number of benzene rings is 2. The number of nitrogens with two attached hydrogens (primary N) is 1. The lowest BCUT2D eigenvalue weighted by Gasteiger charge is -2.39.